The number of carbonyl (C=O) groups excluding carboxylic acids is 2. The van der Waals surface area contributed by atoms with E-state index < -0.39 is 6.43 Å². The van der Waals surface area contributed by atoms with E-state index in [1.54, 1.807) is 22.6 Å². The topological polar surface area (TPSA) is 58.0 Å². The number of rotatable bonds is 9. The van der Waals surface area contributed by atoms with Gasteiger partial charge in [-0.05, 0) is 60.4 Å². The van der Waals surface area contributed by atoms with Crippen LogP contribution in [0.5, 0.6) is 0 Å². The number of anilines is 1. The number of morpholine rings is 1. The first-order chi connectivity index (χ1) is 26.2. The number of nitrogens with zero attached hydrogens (tertiary/aromatic N) is 4. The third-order valence-electron chi connectivity index (χ3n) is 10.3. The van der Waals surface area contributed by atoms with Crippen molar-refractivity contribution in [1.29, 1.82) is 0 Å². The molecule has 2 amide bonds. The highest BCUT2D eigenvalue weighted by molar-refractivity contribution is 6.32. The van der Waals surface area contributed by atoms with Gasteiger partial charge in [-0.2, -0.15) is 0 Å². The van der Waals surface area contributed by atoms with E-state index in [-0.39, 0.29) is 34.0 Å². The van der Waals surface area contributed by atoms with Crippen molar-refractivity contribution in [2.24, 2.45) is 7.05 Å². The molecule has 5 aromatic rings. The normalized spacial score (nSPS) is 15.7. The van der Waals surface area contributed by atoms with Gasteiger partial charge in [-0.25, -0.2) is 8.78 Å². The van der Waals surface area contributed by atoms with Crippen LogP contribution < -0.4 is 4.90 Å². The van der Waals surface area contributed by atoms with Crippen LogP contribution in [0.4, 0.5) is 14.5 Å². The first-order valence-corrected chi connectivity index (χ1v) is 18.9. The Morgan fingerprint density at radius 2 is 1.50 bits per heavy atom. The number of fused-ring (bicyclic) bond motifs is 1. The minimum absolute atomic E-state index is 0.161. The first kappa shape index (κ1) is 38.9. The molecule has 7 rings (SSSR count). The zero-order chi connectivity index (χ0) is 38.4. The highest BCUT2D eigenvalue weighted by Gasteiger charge is 2.35. The SMILES string of the molecule is CC.Cc1c(C(=O)N(Cc2ccccc2)c2ccccc2)cc(-c2cc(C(F)F)c(Cl)cc2C(=O)N2Cc3ccccc3CC2CN2CCOCC2)n1C. The fraction of sp³-hybridized carbons (Fsp3) is 0.318. The smallest absolute Gasteiger partial charge is 0.265 e. The molecule has 1 atom stereocenters. The largest absolute Gasteiger partial charge is 0.379 e. The van der Waals surface area contributed by atoms with Crippen LogP contribution in [0.15, 0.2) is 103 Å². The highest BCUT2D eigenvalue weighted by Crippen LogP contribution is 2.38. The van der Waals surface area contributed by atoms with E-state index in [1.165, 1.54) is 17.7 Å². The average Bonchev–Trinajstić information content (AvgIpc) is 3.50. The van der Waals surface area contributed by atoms with Gasteiger partial charge >= 0.3 is 0 Å². The molecular formula is C44H47ClF2N4O3. The lowest BCUT2D eigenvalue weighted by atomic mass is 9.91. The predicted molar refractivity (Wildman–Crippen MR) is 211 cm³/mol. The van der Waals surface area contributed by atoms with Crippen molar-refractivity contribution in [2.75, 3.05) is 37.7 Å². The van der Waals surface area contributed by atoms with Crippen molar-refractivity contribution in [3.05, 3.63) is 147 Å². The first-order valence-electron chi connectivity index (χ1n) is 18.6. The summed E-state index contributed by atoms with van der Waals surface area (Å²) in [6.07, 6.45) is -2.20. The van der Waals surface area contributed by atoms with Crippen molar-refractivity contribution in [2.45, 2.75) is 52.7 Å². The van der Waals surface area contributed by atoms with Gasteiger partial charge < -0.3 is 19.1 Å². The summed E-state index contributed by atoms with van der Waals surface area (Å²) in [4.78, 5) is 35.2. The average molecular weight is 753 g/mol. The van der Waals surface area contributed by atoms with Crippen molar-refractivity contribution in [3.63, 3.8) is 0 Å². The second-order valence-corrected chi connectivity index (χ2v) is 13.9. The summed E-state index contributed by atoms with van der Waals surface area (Å²) in [7, 11) is 1.79. The van der Waals surface area contributed by atoms with Crippen LogP contribution in [-0.2, 0) is 31.3 Å². The lowest BCUT2D eigenvalue weighted by molar-refractivity contribution is 0.0193. The molecule has 0 radical (unpaired) electrons. The number of amides is 2. The molecule has 0 N–H and O–H groups in total. The minimum Gasteiger partial charge on any atom is -0.379 e. The molecule has 0 bridgehead atoms. The Kier molecular flexibility index (Phi) is 12.6. The predicted octanol–water partition coefficient (Wildman–Crippen LogP) is 9.36. The maximum Gasteiger partial charge on any atom is 0.265 e. The van der Waals surface area contributed by atoms with E-state index in [1.807, 2.05) is 105 Å². The standard InChI is InChI=1S/C42H41ClF2N4O3.C2H6/c1-28-34(41(50)48(32-15-7-4-8-16-32)25-29-11-5-3-6-12-29)24-39(46(28)2)35-22-37(40(44)45)38(43)23-36(35)42(51)49-26-31-14-10-9-13-30(31)21-33(49)27-47-17-19-52-20-18-47;1-2/h3-16,22-24,33,40H,17-21,25-27H2,1-2H3;1-2H3. The van der Waals surface area contributed by atoms with E-state index in [0.717, 1.165) is 29.9 Å². The Balaban J connectivity index is 0.00000245. The molecule has 54 heavy (non-hydrogen) atoms. The number of carbonyl (C=O) groups is 2. The van der Waals surface area contributed by atoms with E-state index in [9.17, 15) is 18.4 Å². The molecule has 1 fully saturated rings. The second-order valence-electron chi connectivity index (χ2n) is 13.5. The zero-order valence-electron chi connectivity index (χ0n) is 31.3. The fourth-order valence-corrected chi connectivity index (χ4v) is 7.59. The number of hydrogen-bond acceptors (Lipinski definition) is 4. The van der Waals surface area contributed by atoms with Crippen LogP contribution in [0.3, 0.4) is 0 Å². The number of ether oxygens (including phenoxy) is 1. The summed E-state index contributed by atoms with van der Waals surface area (Å²) in [5, 5.41) is -0.176. The van der Waals surface area contributed by atoms with Crippen LogP contribution in [-0.4, -0.2) is 65.1 Å². The van der Waals surface area contributed by atoms with E-state index >= 15 is 0 Å². The summed E-state index contributed by atoms with van der Waals surface area (Å²) in [6, 6.07) is 31.5. The van der Waals surface area contributed by atoms with Gasteiger partial charge in [-0.15, -0.1) is 0 Å². The summed E-state index contributed by atoms with van der Waals surface area (Å²) in [5.74, 6) is -0.546. The Morgan fingerprint density at radius 1 is 0.870 bits per heavy atom. The Hall–Kier alpha value is -4.83. The summed E-state index contributed by atoms with van der Waals surface area (Å²) < 4.78 is 36.3. The van der Waals surface area contributed by atoms with E-state index in [2.05, 4.69) is 11.0 Å². The van der Waals surface area contributed by atoms with Crippen molar-refractivity contribution in [1.82, 2.24) is 14.4 Å². The molecule has 1 unspecified atom stereocenters. The Morgan fingerprint density at radius 3 is 2.17 bits per heavy atom. The minimum atomic E-state index is -2.87. The number of hydrogen-bond donors (Lipinski definition) is 0. The molecule has 282 valence electrons. The van der Waals surface area contributed by atoms with Crippen molar-refractivity contribution < 1.29 is 23.1 Å². The van der Waals surface area contributed by atoms with Crippen LogP contribution in [0, 0.1) is 6.92 Å². The second kappa shape index (κ2) is 17.5. The molecular weight excluding hydrogens is 706 g/mol. The van der Waals surface area contributed by atoms with Gasteiger partial charge in [0.15, 0.2) is 0 Å². The van der Waals surface area contributed by atoms with Gasteiger partial charge in [0, 0.05) is 67.5 Å². The van der Waals surface area contributed by atoms with E-state index in [0.29, 0.717) is 61.8 Å². The molecule has 2 aliphatic rings. The molecule has 7 nitrogen and oxygen atoms in total. The molecule has 0 saturated carbocycles. The van der Waals surface area contributed by atoms with Gasteiger partial charge in [0.2, 0.25) is 0 Å². The molecule has 2 aliphatic heterocycles. The summed E-state index contributed by atoms with van der Waals surface area (Å²) in [5.41, 5.74) is 5.57. The zero-order valence-corrected chi connectivity index (χ0v) is 32.0. The van der Waals surface area contributed by atoms with Crippen molar-refractivity contribution in [3.8, 4) is 11.3 Å². The number of aromatic nitrogens is 1. The maximum absolute atomic E-state index is 14.9. The summed E-state index contributed by atoms with van der Waals surface area (Å²) in [6.45, 7) is 9.98. The van der Waals surface area contributed by atoms with E-state index in [4.69, 9.17) is 16.3 Å². The molecule has 3 heterocycles. The number of halogens is 3. The molecule has 1 saturated heterocycles. The van der Waals surface area contributed by atoms with Crippen molar-refractivity contribution >= 4 is 29.1 Å². The fourth-order valence-electron chi connectivity index (χ4n) is 7.34. The Labute approximate surface area is 321 Å². The molecule has 1 aromatic heterocycles. The van der Waals surface area contributed by atoms with Gasteiger partial charge in [0.25, 0.3) is 18.2 Å². The third-order valence-corrected chi connectivity index (χ3v) is 10.7. The monoisotopic (exact) mass is 752 g/mol. The lowest BCUT2D eigenvalue weighted by Gasteiger charge is -2.40. The van der Waals surface area contributed by atoms with Gasteiger partial charge in [-0.1, -0.05) is 98.2 Å². The van der Waals surface area contributed by atoms with Crippen LogP contribution in [0.1, 0.15) is 68.9 Å². The number of benzene rings is 4. The van der Waals surface area contributed by atoms with Crippen LogP contribution >= 0.6 is 11.6 Å². The molecule has 10 heteroatoms. The molecule has 4 aromatic carbocycles. The number of para-hydroxylation sites is 1. The van der Waals surface area contributed by atoms with Crippen LogP contribution in [0.2, 0.25) is 5.02 Å². The molecule has 0 aliphatic carbocycles. The number of alkyl halides is 2. The van der Waals surface area contributed by atoms with Crippen LogP contribution in [0.25, 0.3) is 11.3 Å². The quantitative estimate of drug-likeness (QED) is 0.151. The lowest BCUT2D eigenvalue weighted by Crippen LogP contribution is -2.52. The van der Waals surface area contributed by atoms with Gasteiger partial charge in [0.05, 0.1) is 35.9 Å². The van der Waals surface area contributed by atoms with Gasteiger partial charge in [0.1, 0.15) is 0 Å². The Bertz CT molecular complexity index is 2070. The molecule has 0 spiro atoms. The maximum atomic E-state index is 14.9. The highest BCUT2D eigenvalue weighted by atomic mass is 35.5. The summed E-state index contributed by atoms with van der Waals surface area (Å²) >= 11 is 6.51. The third kappa shape index (κ3) is 8.28. The van der Waals surface area contributed by atoms with Gasteiger partial charge in [-0.3, -0.25) is 14.5 Å².